The van der Waals surface area contributed by atoms with E-state index in [2.05, 4.69) is 10.1 Å². The summed E-state index contributed by atoms with van der Waals surface area (Å²) in [6.45, 7) is 7.00. The van der Waals surface area contributed by atoms with E-state index in [1.807, 2.05) is 31.2 Å². The Kier molecular flexibility index (Phi) is 5.18. The number of benzene rings is 1. The van der Waals surface area contributed by atoms with Crippen molar-refractivity contribution in [1.29, 1.82) is 0 Å². The van der Waals surface area contributed by atoms with Crippen LogP contribution in [0.25, 0.3) is 0 Å². The number of nitrogen functional groups attached to an aromatic ring is 1. The second-order valence-corrected chi connectivity index (χ2v) is 4.59. The minimum absolute atomic E-state index is 0.603. The summed E-state index contributed by atoms with van der Waals surface area (Å²) in [6.07, 6.45) is 0. The molecule has 0 amide bonds. The van der Waals surface area contributed by atoms with Crippen LogP contribution in [0.4, 0.5) is 5.69 Å². The standard InChI is InChI=1S/C14H21N3O2/c1-12(13-2-4-14(15)5-3-13)16-19-11-8-17-6-9-18-10-7-17/h2-5H,6-11,15H2,1H3/b16-12+. The number of oxime groups is 1. The molecule has 1 fully saturated rings. The molecule has 1 aliphatic rings. The van der Waals surface area contributed by atoms with Crippen molar-refractivity contribution in [3.05, 3.63) is 29.8 Å². The van der Waals surface area contributed by atoms with Gasteiger partial charge in [0.05, 0.1) is 18.9 Å². The molecule has 1 aliphatic heterocycles. The lowest BCUT2D eigenvalue weighted by atomic mass is 10.1. The first-order chi connectivity index (χ1) is 9.25. The number of nitrogens with zero attached hydrogens (tertiary/aromatic N) is 2. The third-order valence-electron chi connectivity index (χ3n) is 3.13. The first-order valence-corrected chi connectivity index (χ1v) is 6.58. The van der Waals surface area contributed by atoms with Gasteiger partial charge in [0.1, 0.15) is 6.61 Å². The summed E-state index contributed by atoms with van der Waals surface area (Å²) in [6, 6.07) is 7.61. The van der Waals surface area contributed by atoms with Crippen LogP contribution in [0.3, 0.4) is 0 Å². The molecular weight excluding hydrogens is 242 g/mol. The lowest BCUT2D eigenvalue weighted by Gasteiger charge is -2.25. The van der Waals surface area contributed by atoms with E-state index in [-0.39, 0.29) is 0 Å². The summed E-state index contributed by atoms with van der Waals surface area (Å²) < 4.78 is 5.29. The molecule has 0 saturated carbocycles. The van der Waals surface area contributed by atoms with Crippen LogP contribution in [0.5, 0.6) is 0 Å². The Balaban J connectivity index is 1.73. The molecule has 1 aromatic rings. The topological polar surface area (TPSA) is 60.1 Å². The highest BCUT2D eigenvalue weighted by Gasteiger charge is 2.09. The summed E-state index contributed by atoms with van der Waals surface area (Å²) in [4.78, 5) is 7.67. The maximum absolute atomic E-state index is 5.64. The molecule has 5 nitrogen and oxygen atoms in total. The summed E-state index contributed by atoms with van der Waals surface area (Å²) in [5.41, 5.74) is 8.29. The van der Waals surface area contributed by atoms with Crippen molar-refractivity contribution in [2.24, 2.45) is 5.16 Å². The SMILES string of the molecule is C/C(=N\OCCN1CCOCC1)c1ccc(N)cc1. The summed E-state index contributed by atoms with van der Waals surface area (Å²) in [7, 11) is 0. The average Bonchev–Trinajstić information content (AvgIpc) is 2.45. The van der Waals surface area contributed by atoms with Crippen LogP contribution in [0.2, 0.25) is 0 Å². The minimum atomic E-state index is 0.603. The molecule has 0 atom stereocenters. The maximum atomic E-state index is 5.64. The van der Waals surface area contributed by atoms with Crippen LogP contribution in [-0.4, -0.2) is 50.1 Å². The lowest BCUT2D eigenvalue weighted by Crippen LogP contribution is -2.38. The van der Waals surface area contributed by atoms with Crippen LogP contribution < -0.4 is 5.73 Å². The normalized spacial score (nSPS) is 17.4. The number of hydrogen-bond acceptors (Lipinski definition) is 5. The van der Waals surface area contributed by atoms with Gasteiger partial charge in [-0.2, -0.15) is 0 Å². The molecule has 0 unspecified atom stereocenters. The van der Waals surface area contributed by atoms with E-state index in [0.29, 0.717) is 6.61 Å². The summed E-state index contributed by atoms with van der Waals surface area (Å²) in [5.74, 6) is 0. The molecule has 0 aliphatic carbocycles. The van der Waals surface area contributed by atoms with Gasteiger partial charge in [0.15, 0.2) is 0 Å². The van der Waals surface area contributed by atoms with Crippen molar-refractivity contribution in [2.75, 3.05) is 45.2 Å². The van der Waals surface area contributed by atoms with E-state index in [0.717, 1.165) is 49.8 Å². The second kappa shape index (κ2) is 7.11. The predicted octanol–water partition coefficient (Wildman–Crippen LogP) is 1.34. The van der Waals surface area contributed by atoms with Gasteiger partial charge >= 0.3 is 0 Å². The van der Waals surface area contributed by atoms with Crippen LogP contribution in [0.15, 0.2) is 29.4 Å². The Hall–Kier alpha value is -1.59. The molecule has 0 bridgehead atoms. The van der Waals surface area contributed by atoms with Gasteiger partial charge in [-0.25, -0.2) is 0 Å². The van der Waals surface area contributed by atoms with Crippen LogP contribution >= 0.6 is 0 Å². The van der Waals surface area contributed by atoms with Gasteiger partial charge in [-0.3, -0.25) is 4.90 Å². The molecule has 0 spiro atoms. The third kappa shape index (κ3) is 4.54. The largest absolute Gasteiger partial charge is 0.399 e. The Labute approximate surface area is 114 Å². The molecular formula is C14H21N3O2. The van der Waals surface area contributed by atoms with E-state index >= 15 is 0 Å². The smallest absolute Gasteiger partial charge is 0.129 e. The highest BCUT2D eigenvalue weighted by Crippen LogP contribution is 2.07. The van der Waals surface area contributed by atoms with Crippen LogP contribution in [0, 0.1) is 0 Å². The highest BCUT2D eigenvalue weighted by atomic mass is 16.6. The van der Waals surface area contributed by atoms with E-state index < -0.39 is 0 Å². The van der Waals surface area contributed by atoms with Gasteiger partial charge in [0.2, 0.25) is 0 Å². The second-order valence-electron chi connectivity index (χ2n) is 4.59. The lowest BCUT2D eigenvalue weighted by molar-refractivity contribution is 0.0212. The van der Waals surface area contributed by atoms with E-state index in [9.17, 15) is 0 Å². The number of nitrogens with two attached hydrogens (primary N) is 1. The first kappa shape index (κ1) is 13.8. The zero-order valence-electron chi connectivity index (χ0n) is 11.3. The van der Waals surface area contributed by atoms with Crippen molar-refractivity contribution in [3.63, 3.8) is 0 Å². The molecule has 1 heterocycles. The fraction of sp³-hybridized carbons (Fsp3) is 0.500. The monoisotopic (exact) mass is 263 g/mol. The average molecular weight is 263 g/mol. The maximum Gasteiger partial charge on any atom is 0.129 e. The molecule has 5 heteroatoms. The molecule has 2 N–H and O–H groups in total. The zero-order chi connectivity index (χ0) is 13.5. The van der Waals surface area contributed by atoms with Crippen molar-refractivity contribution >= 4 is 11.4 Å². The van der Waals surface area contributed by atoms with Crippen LogP contribution in [-0.2, 0) is 9.57 Å². The van der Waals surface area contributed by atoms with Gasteiger partial charge in [0.25, 0.3) is 0 Å². The molecule has 2 rings (SSSR count). The molecule has 104 valence electrons. The molecule has 1 aromatic carbocycles. The highest BCUT2D eigenvalue weighted by molar-refractivity contribution is 5.98. The van der Waals surface area contributed by atoms with E-state index in [1.54, 1.807) is 0 Å². The molecule has 0 aromatic heterocycles. The molecule has 1 saturated heterocycles. The quantitative estimate of drug-likeness (QED) is 0.377. The summed E-state index contributed by atoms with van der Waals surface area (Å²) >= 11 is 0. The van der Waals surface area contributed by atoms with E-state index in [4.69, 9.17) is 15.3 Å². The number of ether oxygens (including phenoxy) is 1. The third-order valence-corrected chi connectivity index (χ3v) is 3.13. The number of anilines is 1. The Bertz CT molecular complexity index is 411. The Morgan fingerprint density at radius 2 is 2.00 bits per heavy atom. The van der Waals surface area contributed by atoms with Gasteiger partial charge < -0.3 is 15.3 Å². The zero-order valence-corrected chi connectivity index (χ0v) is 11.3. The number of morpholine rings is 1. The number of rotatable bonds is 5. The van der Waals surface area contributed by atoms with Crippen molar-refractivity contribution < 1.29 is 9.57 Å². The van der Waals surface area contributed by atoms with Gasteiger partial charge in [-0.1, -0.05) is 17.3 Å². The van der Waals surface area contributed by atoms with Crippen LogP contribution in [0.1, 0.15) is 12.5 Å². The minimum Gasteiger partial charge on any atom is -0.399 e. The predicted molar refractivity (Wildman–Crippen MR) is 76.3 cm³/mol. The van der Waals surface area contributed by atoms with E-state index in [1.165, 1.54) is 0 Å². The van der Waals surface area contributed by atoms with Gasteiger partial charge in [-0.05, 0) is 24.6 Å². The fourth-order valence-electron chi connectivity index (χ4n) is 1.91. The number of hydrogen-bond donors (Lipinski definition) is 1. The van der Waals surface area contributed by atoms with Gasteiger partial charge in [0, 0.05) is 25.3 Å². The van der Waals surface area contributed by atoms with Crippen molar-refractivity contribution in [3.8, 4) is 0 Å². The van der Waals surface area contributed by atoms with Gasteiger partial charge in [-0.15, -0.1) is 0 Å². The Morgan fingerprint density at radius 3 is 2.68 bits per heavy atom. The molecule has 19 heavy (non-hydrogen) atoms. The summed E-state index contributed by atoms with van der Waals surface area (Å²) in [5, 5.41) is 4.13. The van der Waals surface area contributed by atoms with Crippen molar-refractivity contribution in [2.45, 2.75) is 6.92 Å². The first-order valence-electron chi connectivity index (χ1n) is 6.58. The molecule has 0 radical (unpaired) electrons. The van der Waals surface area contributed by atoms with Crippen molar-refractivity contribution in [1.82, 2.24) is 4.90 Å². The fourth-order valence-corrected chi connectivity index (χ4v) is 1.91. The Morgan fingerprint density at radius 1 is 1.32 bits per heavy atom.